The summed E-state index contributed by atoms with van der Waals surface area (Å²) in [5, 5.41) is 15.8. The molecule has 8 heteroatoms. The van der Waals surface area contributed by atoms with E-state index in [9.17, 15) is 14.7 Å². The van der Waals surface area contributed by atoms with Crippen LogP contribution in [0, 0.1) is 5.92 Å². The summed E-state index contributed by atoms with van der Waals surface area (Å²) in [6.07, 6.45) is 2.52. The van der Waals surface area contributed by atoms with Crippen molar-refractivity contribution in [1.29, 1.82) is 0 Å². The Morgan fingerprint density at radius 2 is 1.94 bits per heavy atom. The lowest BCUT2D eigenvalue weighted by molar-refractivity contribution is -0.120. The number of rotatable bonds is 11. The molecule has 0 saturated heterocycles. The zero-order chi connectivity index (χ0) is 22.8. The lowest BCUT2D eigenvalue weighted by atomic mass is 10.0. The van der Waals surface area contributed by atoms with Crippen LogP contribution in [0.2, 0.25) is 5.02 Å². The molecule has 31 heavy (non-hydrogen) atoms. The fourth-order valence-corrected chi connectivity index (χ4v) is 3.13. The van der Waals surface area contributed by atoms with Crippen LogP contribution in [0.3, 0.4) is 0 Å². The fraction of sp³-hybridized carbons (Fsp3) is 0.435. The van der Waals surface area contributed by atoms with Crippen molar-refractivity contribution in [3.8, 4) is 17.0 Å². The van der Waals surface area contributed by atoms with E-state index in [0.29, 0.717) is 47.3 Å². The van der Waals surface area contributed by atoms with Gasteiger partial charge in [-0.05, 0) is 36.1 Å². The summed E-state index contributed by atoms with van der Waals surface area (Å²) in [6, 6.07) is 8.52. The Hall–Kier alpha value is -2.64. The number of aliphatic hydroxyl groups excluding tert-OH is 1. The Kier molecular flexibility index (Phi) is 9.75. The maximum absolute atomic E-state index is 12.7. The molecule has 7 nitrogen and oxygen atoms in total. The smallest absolute Gasteiger partial charge is 0.253 e. The molecule has 168 valence electrons. The minimum Gasteiger partial charge on any atom is -0.475 e. The van der Waals surface area contributed by atoms with E-state index in [0.717, 1.165) is 5.56 Å². The van der Waals surface area contributed by atoms with Gasteiger partial charge in [-0.2, -0.15) is 0 Å². The molecule has 0 aliphatic rings. The molecular weight excluding hydrogens is 418 g/mol. The van der Waals surface area contributed by atoms with Crippen molar-refractivity contribution in [3.05, 3.63) is 47.1 Å². The van der Waals surface area contributed by atoms with Crippen LogP contribution in [0.15, 0.2) is 36.5 Å². The van der Waals surface area contributed by atoms with Crippen molar-refractivity contribution in [2.24, 2.45) is 5.92 Å². The number of hydrogen-bond acceptors (Lipinski definition) is 5. The minimum absolute atomic E-state index is 0.0543. The van der Waals surface area contributed by atoms with Crippen LogP contribution >= 0.6 is 11.6 Å². The third kappa shape index (κ3) is 7.84. The number of ether oxygens (including phenoxy) is 1. The highest BCUT2D eigenvalue weighted by molar-refractivity contribution is 6.30. The first kappa shape index (κ1) is 24.6. The van der Waals surface area contributed by atoms with Crippen molar-refractivity contribution >= 4 is 23.4 Å². The number of carbonyl (C=O) groups is 2. The van der Waals surface area contributed by atoms with E-state index in [-0.39, 0.29) is 31.1 Å². The van der Waals surface area contributed by atoms with Crippen LogP contribution in [0.4, 0.5) is 0 Å². The van der Waals surface area contributed by atoms with Gasteiger partial charge in [-0.3, -0.25) is 9.59 Å². The molecule has 0 saturated carbocycles. The average molecular weight is 448 g/mol. The van der Waals surface area contributed by atoms with E-state index < -0.39 is 0 Å². The summed E-state index contributed by atoms with van der Waals surface area (Å²) in [5.41, 5.74) is 1.79. The van der Waals surface area contributed by atoms with E-state index in [1.54, 1.807) is 25.1 Å². The van der Waals surface area contributed by atoms with Crippen molar-refractivity contribution in [2.75, 3.05) is 19.8 Å². The van der Waals surface area contributed by atoms with Crippen molar-refractivity contribution < 1.29 is 19.4 Å². The van der Waals surface area contributed by atoms with Crippen LogP contribution in [-0.4, -0.2) is 47.7 Å². The van der Waals surface area contributed by atoms with Crippen LogP contribution < -0.4 is 15.4 Å². The molecule has 2 aromatic rings. The molecular formula is C23H30ClN3O4. The Labute approximate surface area is 188 Å². The molecule has 1 heterocycles. The van der Waals surface area contributed by atoms with Gasteiger partial charge in [-0.1, -0.05) is 44.5 Å². The quantitative estimate of drug-likeness (QED) is 0.458. The Balaban J connectivity index is 2.23. The van der Waals surface area contributed by atoms with Crippen LogP contribution in [0.5, 0.6) is 5.88 Å². The second-order valence-electron chi connectivity index (χ2n) is 7.62. The monoisotopic (exact) mass is 447 g/mol. The number of aliphatic hydroxyl groups is 1. The average Bonchev–Trinajstić information content (AvgIpc) is 2.76. The number of amides is 2. The van der Waals surface area contributed by atoms with E-state index in [1.807, 2.05) is 26.0 Å². The highest BCUT2D eigenvalue weighted by Crippen LogP contribution is 2.30. The number of nitrogens with zero attached hydrogens (tertiary/aromatic N) is 1. The van der Waals surface area contributed by atoms with E-state index in [1.165, 1.54) is 6.20 Å². The van der Waals surface area contributed by atoms with Gasteiger partial charge in [0.2, 0.25) is 11.8 Å². The van der Waals surface area contributed by atoms with Gasteiger partial charge in [0, 0.05) is 23.2 Å². The number of halogens is 1. The zero-order valence-corrected chi connectivity index (χ0v) is 18.9. The molecule has 0 fully saturated rings. The topological polar surface area (TPSA) is 101 Å². The van der Waals surface area contributed by atoms with Crippen LogP contribution in [0.1, 0.15) is 44.0 Å². The third-order valence-corrected chi connectivity index (χ3v) is 4.82. The molecule has 2 rings (SSSR count). The summed E-state index contributed by atoms with van der Waals surface area (Å²) >= 11 is 6.01. The van der Waals surface area contributed by atoms with Crippen molar-refractivity contribution in [2.45, 2.75) is 39.7 Å². The van der Waals surface area contributed by atoms with Crippen LogP contribution in [0.25, 0.3) is 11.1 Å². The number of nitrogens with one attached hydrogen (secondary N) is 2. The van der Waals surface area contributed by atoms with Gasteiger partial charge >= 0.3 is 0 Å². The second-order valence-corrected chi connectivity index (χ2v) is 8.05. The first-order chi connectivity index (χ1) is 14.8. The molecule has 0 spiro atoms. The van der Waals surface area contributed by atoms with E-state index >= 15 is 0 Å². The Morgan fingerprint density at radius 3 is 2.55 bits per heavy atom. The normalized spacial score (nSPS) is 11.8. The number of pyridine rings is 1. The lowest BCUT2D eigenvalue weighted by Gasteiger charge is -2.19. The van der Waals surface area contributed by atoms with Gasteiger partial charge in [0.15, 0.2) is 0 Å². The summed E-state index contributed by atoms with van der Waals surface area (Å²) in [6.45, 7) is 6.30. The molecule has 1 aromatic heterocycles. The molecule has 0 radical (unpaired) electrons. The number of carbonyl (C=O) groups excluding carboxylic acids is 2. The highest BCUT2D eigenvalue weighted by atomic mass is 35.5. The third-order valence-electron chi connectivity index (χ3n) is 4.56. The molecule has 0 unspecified atom stereocenters. The van der Waals surface area contributed by atoms with Crippen LogP contribution in [-0.2, 0) is 4.79 Å². The summed E-state index contributed by atoms with van der Waals surface area (Å²) < 4.78 is 5.78. The molecule has 1 aromatic carbocycles. The lowest BCUT2D eigenvalue weighted by Crippen LogP contribution is -2.38. The van der Waals surface area contributed by atoms with Gasteiger partial charge < -0.3 is 20.5 Å². The Bertz CT molecular complexity index is 872. The minimum atomic E-state index is -0.329. The first-order valence-electron chi connectivity index (χ1n) is 10.4. The molecule has 0 aliphatic heterocycles. The maximum Gasteiger partial charge on any atom is 0.253 e. The van der Waals surface area contributed by atoms with Crippen molar-refractivity contribution in [3.63, 3.8) is 0 Å². The number of aromatic nitrogens is 1. The van der Waals surface area contributed by atoms with Gasteiger partial charge in [0.1, 0.15) is 6.61 Å². The van der Waals surface area contributed by atoms with Gasteiger partial charge in [-0.15, -0.1) is 0 Å². The van der Waals surface area contributed by atoms with E-state index in [2.05, 4.69) is 15.6 Å². The molecule has 1 atom stereocenters. The SMILES string of the molecule is CCC(=O)NCCOc1ncc(C(=O)N[C@@H](CO)CC(C)C)cc1-c1ccc(Cl)cc1. The standard InChI is InChI=1S/C23H30ClN3O4/c1-4-21(29)25-9-10-31-23-20(16-5-7-18(24)8-6-16)12-17(13-26-23)22(30)27-19(14-28)11-15(2)3/h5-8,12-13,15,19,28H,4,9-11,14H2,1-3H3,(H,25,29)(H,27,30)/t19-/m1/s1. The largest absolute Gasteiger partial charge is 0.475 e. The molecule has 3 N–H and O–H groups in total. The zero-order valence-electron chi connectivity index (χ0n) is 18.2. The first-order valence-corrected chi connectivity index (χ1v) is 10.8. The highest BCUT2D eigenvalue weighted by Gasteiger charge is 2.18. The molecule has 2 amide bonds. The predicted molar refractivity (Wildman–Crippen MR) is 121 cm³/mol. The summed E-state index contributed by atoms with van der Waals surface area (Å²) in [4.78, 5) is 28.5. The van der Waals surface area contributed by atoms with Gasteiger partial charge in [-0.25, -0.2) is 4.98 Å². The predicted octanol–water partition coefficient (Wildman–Crippen LogP) is 3.44. The van der Waals surface area contributed by atoms with Crippen molar-refractivity contribution in [1.82, 2.24) is 15.6 Å². The Morgan fingerprint density at radius 1 is 1.23 bits per heavy atom. The summed E-state index contributed by atoms with van der Waals surface area (Å²) in [7, 11) is 0. The maximum atomic E-state index is 12.7. The summed E-state index contributed by atoms with van der Waals surface area (Å²) in [5.74, 6) is 0.320. The van der Waals surface area contributed by atoms with E-state index in [4.69, 9.17) is 16.3 Å². The second kappa shape index (κ2) is 12.3. The fourth-order valence-electron chi connectivity index (χ4n) is 3.01. The van der Waals surface area contributed by atoms with Gasteiger partial charge in [0.05, 0.1) is 24.8 Å². The molecule has 0 bridgehead atoms. The number of benzene rings is 1. The van der Waals surface area contributed by atoms with Gasteiger partial charge in [0.25, 0.3) is 5.91 Å². The molecule has 0 aliphatic carbocycles. The number of hydrogen-bond donors (Lipinski definition) is 3.